The Morgan fingerprint density at radius 1 is 1.00 bits per heavy atom. The summed E-state index contributed by atoms with van der Waals surface area (Å²) in [7, 11) is 0. The number of hydrogen-bond acceptors (Lipinski definition) is 10. The van der Waals surface area contributed by atoms with Gasteiger partial charge in [0.15, 0.2) is 17.0 Å². The van der Waals surface area contributed by atoms with Crippen molar-refractivity contribution in [1.29, 1.82) is 5.26 Å². The lowest BCUT2D eigenvalue weighted by atomic mass is 9.92. The number of carbonyl (C=O) groups excluding carboxylic acids is 1. The van der Waals surface area contributed by atoms with Crippen molar-refractivity contribution in [1.82, 2.24) is 24.6 Å². The monoisotopic (exact) mass is 558 g/mol. The summed E-state index contributed by atoms with van der Waals surface area (Å²) in [5, 5.41) is 20.7. The first-order chi connectivity index (χ1) is 20.0. The van der Waals surface area contributed by atoms with E-state index in [1.165, 1.54) is 12.8 Å². The van der Waals surface area contributed by atoms with Gasteiger partial charge in [-0.05, 0) is 69.6 Å². The van der Waals surface area contributed by atoms with Crippen molar-refractivity contribution in [2.24, 2.45) is 5.73 Å². The van der Waals surface area contributed by atoms with Gasteiger partial charge in [0.1, 0.15) is 0 Å². The van der Waals surface area contributed by atoms with Crippen LogP contribution in [0.4, 0.5) is 22.2 Å². The number of hydroxylamine groups is 2. The van der Waals surface area contributed by atoms with Crippen LogP contribution in [0.1, 0.15) is 75.8 Å². The number of imidazole rings is 1. The molecule has 3 aromatic rings. The van der Waals surface area contributed by atoms with Crippen LogP contribution in [0, 0.1) is 11.3 Å². The third kappa shape index (κ3) is 6.52. The van der Waals surface area contributed by atoms with Gasteiger partial charge in [-0.1, -0.05) is 18.9 Å². The molecule has 12 nitrogen and oxygen atoms in total. The minimum atomic E-state index is -0.569. The Labute approximate surface area is 239 Å². The topological polar surface area (TPSA) is 159 Å². The molecule has 6 rings (SSSR count). The molecule has 2 aromatic heterocycles. The van der Waals surface area contributed by atoms with Gasteiger partial charge in [0, 0.05) is 42.9 Å². The van der Waals surface area contributed by atoms with Gasteiger partial charge in [-0.25, -0.2) is 9.78 Å². The Bertz CT molecular complexity index is 1400. The molecular formula is C29H38N10O2. The first-order valence-electron chi connectivity index (χ1n) is 14.8. The van der Waals surface area contributed by atoms with E-state index in [0.717, 1.165) is 68.3 Å². The Balaban J connectivity index is 1.11. The van der Waals surface area contributed by atoms with E-state index in [-0.39, 0.29) is 12.1 Å². The van der Waals surface area contributed by atoms with Crippen molar-refractivity contribution in [2.45, 2.75) is 88.4 Å². The Kier molecular flexibility index (Phi) is 8.16. The van der Waals surface area contributed by atoms with E-state index in [4.69, 9.17) is 30.8 Å². The maximum atomic E-state index is 12.4. The van der Waals surface area contributed by atoms with Crippen LogP contribution in [0.5, 0.6) is 0 Å². The molecule has 1 amide bonds. The number of nitrogens with two attached hydrogens (primary N) is 1. The number of benzene rings is 1. The van der Waals surface area contributed by atoms with Gasteiger partial charge in [-0.3, -0.25) is 5.32 Å². The number of hydrogen-bond donors (Lipinski definition) is 4. The number of aromatic nitrogens is 4. The number of nitrogens with zero attached hydrogens (tertiary/aromatic N) is 6. The van der Waals surface area contributed by atoms with Crippen molar-refractivity contribution in [2.75, 3.05) is 29.0 Å². The predicted molar refractivity (Wildman–Crippen MR) is 156 cm³/mol. The molecule has 12 heteroatoms. The minimum Gasteiger partial charge on any atom is -0.365 e. The molecule has 1 saturated heterocycles. The van der Waals surface area contributed by atoms with Crippen molar-refractivity contribution in [3.63, 3.8) is 0 Å². The minimum absolute atomic E-state index is 0.153. The third-order valence-corrected chi connectivity index (χ3v) is 8.49. The lowest BCUT2D eigenvalue weighted by molar-refractivity contribution is -0.106. The molecule has 0 spiro atoms. The number of nitrogens with one attached hydrogen (secondary N) is 3. The summed E-state index contributed by atoms with van der Waals surface area (Å²) >= 11 is 0. The zero-order valence-corrected chi connectivity index (χ0v) is 23.3. The van der Waals surface area contributed by atoms with Crippen molar-refractivity contribution in [3.05, 3.63) is 36.2 Å². The lowest BCUT2D eigenvalue weighted by Crippen LogP contribution is -2.41. The molecule has 0 radical (unpaired) electrons. The number of nitriles is 1. The number of amides is 1. The summed E-state index contributed by atoms with van der Waals surface area (Å²) in [6, 6.07) is 9.99. The van der Waals surface area contributed by atoms with E-state index in [0.29, 0.717) is 42.4 Å². The molecule has 3 fully saturated rings. The van der Waals surface area contributed by atoms with Crippen LogP contribution < -0.4 is 21.7 Å². The van der Waals surface area contributed by atoms with E-state index in [9.17, 15) is 4.79 Å². The molecule has 2 aliphatic carbocycles. The van der Waals surface area contributed by atoms with Crippen molar-refractivity contribution in [3.8, 4) is 6.07 Å². The van der Waals surface area contributed by atoms with Crippen LogP contribution in [0.2, 0.25) is 0 Å². The normalized spacial score (nSPS) is 22.3. The van der Waals surface area contributed by atoms with Crippen LogP contribution in [0.3, 0.4) is 0 Å². The third-order valence-electron chi connectivity index (χ3n) is 8.49. The number of anilines is 3. The molecule has 3 aliphatic rings. The summed E-state index contributed by atoms with van der Waals surface area (Å²) in [6.07, 6.45) is 11.7. The SMILES string of the molecule is N#Cc1cccc(NC(=O)ON2CCC(Nc3nc(NC4CCC(N)CC4)nc4c3ncn4C3CCCC3)CC2)c1. The lowest BCUT2D eigenvalue weighted by Gasteiger charge is -2.31. The van der Waals surface area contributed by atoms with Crippen molar-refractivity contribution >= 4 is 34.7 Å². The van der Waals surface area contributed by atoms with Gasteiger partial charge in [0.05, 0.1) is 18.0 Å². The van der Waals surface area contributed by atoms with E-state index in [1.54, 1.807) is 29.3 Å². The zero-order chi connectivity index (χ0) is 28.2. The second-order valence-corrected chi connectivity index (χ2v) is 11.5. The summed E-state index contributed by atoms with van der Waals surface area (Å²) in [5.74, 6) is 1.38. The van der Waals surface area contributed by atoms with Crippen LogP contribution in [-0.2, 0) is 4.84 Å². The molecule has 41 heavy (non-hydrogen) atoms. The zero-order valence-electron chi connectivity index (χ0n) is 23.3. The highest BCUT2D eigenvalue weighted by molar-refractivity contribution is 5.85. The van der Waals surface area contributed by atoms with E-state index >= 15 is 0 Å². The van der Waals surface area contributed by atoms with Crippen LogP contribution in [0.25, 0.3) is 11.2 Å². The highest BCUT2D eigenvalue weighted by atomic mass is 16.7. The molecule has 216 valence electrons. The average Bonchev–Trinajstić information content (AvgIpc) is 3.66. The number of piperidine rings is 1. The molecule has 0 atom stereocenters. The Hall–Kier alpha value is -3.95. The molecule has 1 aromatic carbocycles. The Morgan fingerprint density at radius 3 is 2.51 bits per heavy atom. The largest absolute Gasteiger partial charge is 0.430 e. The Morgan fingerprint density at radius 2 is 1.76 bits per heavy atom. The van der Waals surface area contributed by atoms with Gasteiger partial charge >= 0.3 is 6.09 Å². The van der Waals surface area contributed by atoms with Gasteiger partial charge < -0.3 is 25.8 Å². The first kappa shape index (κ1) is 27.2. The second kappa shape index (κ2) is 12.3. The molecule has 2 saturated carbocycles. The highest BCUT2D eigenvalue weighted by Crippen LogP contribution is 2.34. The number of rotatable bonds is 7. The fraction of sp³-hybridized carbons (Fsp3) is 0.552. The number of carbonyl (C=O) groups is 1. The number of fused-ring (bicyclic) bond motifs is 1. The maximum Gasteiger partial charge on any atom is 0.430 e. The summed E-state index contributed by atoms with van der Waals surface area (Å²) in [5.41, 5.74) is 8.80. The van der Waals surface area contributed by atoms with E-state index in [1.807, 2.05) is 6.33 Å². The molecular weight excluding hydrogens is 520 g/mol. The van der Waals surface area contributed by atoms with Crippen LogP contribution >= 0.6 is 0 Å². The summed E-state index contributed by atoms with van der Waals surface area (Å²) < 4.78 is 2.23. The predicted octanol–water partition coefficient (Wildman–Crippen LogP) is 4.53. The van der Waals surface area contributed by atoms with E-state index in [2.05, 4.69) is 26.6 Å². The summed E-state index contributed by atoms with van der Waals surface area (Å²) in [6.45, 7) is 1.17. The van der Waals surface area contributed by atoms with Gasteiger partial charge in [-0.15, -0.1) is 5.06 Å². The van der Waals surface area contributed by atoms with Crippen LogP contribution in [-0.4, -0.2) is 61.9 Å². The highest BCUT2D eigenvalue weighted by Gasteiger charge is 2.27. The molecule has 1 aliphatic heterocycles. The first-order valence-corrected chi connectivity index (χ1v) is 14.8. The van der Waals surface area contributed by atoms with Gasteiger partial charge in [0.25, 0.3) is 0 Å². The smallest absolute Gasteiger partial charge is 0.365 e. The van der Waals surface area contributed by atoms with Gasteiger partial charge in [0.2, 0.25) is 5.95 Å². The fourth-order valence-corrected chi connectivity index (χ4v) is 6.19. The van der Waals surface area contributed by atoms with Crippen molar-refractivity contribution < 1.29 is 9.63 Å². The molecule has 3 heterocycles. The van der Waals surface area contributed by atoms with Gasteiger partial charge in [-0.2, -0.15) is 15.2 Å². The molecule has 5 N–H and O–H groups in total. The molecule has 0 bridgehead atoms. The quantitative estimate of drug-likeness (QED) is 0.324. The maximum absolute atomic E-state index is 12.4. The van der Waals surface area contributed by atoms with Crippen LogP contribution in [0.15, 0.2) is 30.6 Å². The van der Waals surface area contributed by atoms with E-state index < -0.39 is 6.09 Å². The standard InChI is InChI=1S/C29H38N10O2/c30-17-19-4-3-5-23(16-19)35-29(40)41-38-14-12-22(13-15-38)33-26-25-27(39(18-32-25)24-6-1-2-7-24)37-28(36-26)34-21-10-8-20(31)9-11-21/h3-5,16,18,20-22,24H,1-2,6-15,31H2,(H,35,40)(H2,33,34,36,37). The molecule has 0 unspecified atom stereocenters. The average molecular weight is 559 g/mol. The summed E-state index contributed by atoms with van der Waals surface area (Å²) in [4.78, 5) is 32.5. The fourth-order valence-electron chi connectivity index (χ4n) is 6.19. The second-order valence-electron chi connectivity index (χ2n) is 11.5.